The quantitative estimate of drug-likeness (QED) is 0.609. The summed E-state index contributed by atoms with van der Waals surface area (Å²) in [6.07, 6.45) is 1.29. The number of fused-ring (bicyclic) bond motifs is 2. The lowest BCUT2D eigenvalue weighted by Gasteiger charge is -2.28. The molecule has 29 heavy (non-hydrogen) atoms. The van der Waals surface area contributed by atoms with Crippen LogP contribution in [0.15, 0.2) is 42.5 Å². The zero-order valence-electron chi connectivity index (χ0n) is 17.4. The van der Waals surface area contributed by atoms with Crippen molar-refractivity contribution in [2.75, 3.05) is 20.6 Å². The molecule has 1 heterocycles. The first-order valence-corrected chi connectivity index (χ1v) is 10.5. The molecule has 0 aliphatic carbocycles. The second-order valence-electron chi connectivity index (χ2n) is 7.65. The molecular formula is C23H29ClN2O3. The van der Waals surface area contributed by atoms with Crippen LogP contribution in [0.4, 0.5) is 4.79 Å². The van der Waals surface area contributed by atoms with Crippen molar-refractivity contribution in [3.63, 3.8) is 0 Å². The Labute approximate surface area is 177 Å². The van der Waals surface area contributed by atoms with E-state index in [1.54, 1.807) is 14.1 Å². The van der Waals surface area contributed by atoms with Crippen molar-refractivity contribution in [1.29, 1.82) is 0 Å². The van der Waals surface area contributed by atoms with Crippen LogP contribution in [-0.4, -0.2) is 37.9 Å². The van der Waals surface area contributed by atoms with Gasteiger partial charge >= 0.3 is 6.09 Å². The Morgan fingerprint density at radius 1 is 1.17 bits per heavy atom. The van der Waals surface area contributed by atoms with E-state index in [2.05, 4.69) is 24.4 Å². The van der Waals surface area contributed by atoms with Gasteiger partial charge in [-0.05, 0) is 49.1 Å². The van der Waals surface area contributed by atoms with Crippen LogP contribution in [0.25, 0.3) is 0 Å². The lowest BCUT2D eigenvalue weighted by molar-refractivity contribution is 0.0657. The fourth-order valence-electron chi connectivity index (χ4n) is 3.84. The van der Waals surface area contributed by atoms with E-state index in [4.69, 9.17) is 21.1 Å². The van der Waals surface area contributed by atoms with Gasteiger partial charge in [0.25, 0.3) is 0 Å². The maximum atomic E-state index is 11.9. The first-order chi connectivity index (χ1) is 13.9. The monoisotopic (exact) mass is 416 g/mol. The number of carbonyl (C=O) groups is 1. The molecule has 156 valence electrons. The van der Waals surface area contributed by atoms with Crippen molar-refractivity contribution in [2.45, 2.75) is 44.8 Å². The highest BCUT2D eigenvalue weighted by atomic mass is 35.5. The molecule has 3 unspecified atom stereocenters. The molecule has 2 aromatic carbocycles. The number of rotatable bonds is 6. The van der Waals surface area contributed by atoms with Crippen LogP contribution in [0.3, 0.4) is 0 Å². The minimum atomic E-state index is -0.408. The number of hydrogen-bond acceptors (Lipinski definition) is 4. The number of benzene rings is 2. The molecule has 3 rings (SSSR count). The van der Waals surface area contributed by atoms with E-state index in [1.807, 2.05) is 37.3 Å². The number of halogens is 1. The highest BCUT2D eigenvalue weighted by Gasteiger charge is 2.32. The van der Waals surface area contributed by atoms with Gasteiger partial charge < -0.3 is 14.4 Å². The zero-order valence-corrected chi connectivity index (χ0v) is 18.2. The molecule has 6 heteroatoms. The lowest BCUT2D eigenvalue weighted by atomic mass is 9.78. The van der Waals surface area contributed by atoms with Crippen molar-refractivity contribution in [3.8, 4) is 11.5 Å². The molecule has 0 saturated heterocycles. The SMILES string of the molecule is CCCC1c2ccccc2Oc2ccc(Cl)cc2C1CNC(C)OC(=O)N(C)C. The van der Waals surface area contributed by atoms with E-state index in [0.29, 0.717) is 11.6 Å². The van der Waals surface area contributed by atoms with Crippen LogP contribution in [0.1, 0.15) is 49.7 Å². The molecule has 0 radical (unpaired) electrons. The van der Waals surface area contributed by atoms with E-state index in [-0.39, 0.29) is 17.9 Å². The summed E-state index contributed by atoms with van der Waals surface area (Å²) in [5, 5.41) is 4.06. The highest BCUT2D eigenvalue weighted by molar-refractivity contribution is 6.30. The number of para-hydroxylation sites is 1. The van der Waals surface area contributed by atoms with Crippen LogP contribution >= 0.6 is 11.6 Å². The summed E-state index contributed by atoms with van der Waals surface area (Å²) in [6, 6.07) is 14.0. The molecule has 0 bridgehead atoms. The second-order valence-corrected chi connectivity index (χ2v) is 8.09. The maximum absolute atomic E-state index is 11.9. The molecule has 0 aromatic heterocycles. The molecule has 1 aliphatic rings. The largest absolute Gasteiger partial charge is 0.457 e. The fourth-order valence-corrected chi connectivity index (χ4v) is 4.03. The van der Waals surface area contributed by atoms with Crippen molar-refractivity contribution in [1.82, 2.24) is 10.2 Å². The normalized spacial score (nSPS) is 18.7. The summed E-state index contributed by atoms with van der Waals surface area (Å²) in [5.74, 6) is 2.11. The van der Waals surface area contributed by atoms with Gasteiger partial charge in [-0.3, -0.25) is 5.32 Å². The van der Waals surface area contributed by atoms with Crippen LogP contribution < -0.4 is 10.1 Å². The summed E-state index contributed by atoms with van der Waals surface area (Å²) >= 11 is 6.35. The highest BCUT2D eigenvalue weighted by Crippen LogP contribution is 2.48. The summed E-state index contributed by atoms with van der Waals surface area (Å²) in [5.41, 5.74) is 2.28. The van der Waals surface area contributed by atoms with Crippen LogP contribution in [-0.2, 0) is 4.74 Å². The third kappa shape index (κ3) is 5.03. The van der Waals surface area contributed by atoms with Gasteiger partial charge in [-0.2, -0.15) is 0 Å². The van der Waals surface area contributed by atoms with Gasteiger partial charge in [-0.15, -0.1) is 0 Å². The molecule has 0 fully saturated rings. The van der Waals surface area contributed by atoms with Crippen LogP contribution in [0.2, 0.25) is 5.02 Å². The smallest absolute Gasteiger partial charge is 0.410 e. The summed E-state index contributed by atoms with van der Waals surface area (Å²) in [6.45, 7) is 4.67. The van der Waals surface area contributed by atoms with Crippen molar-refractivity contribution >= 4 is 17.7 Å². The van der Waals surface area contributed by atoms with Crippen molar-refractivity contribution in [3.05, 3.63) is 58.6 Å². The second kappa shape index (κ2) is 9.51. The molecule has 0 saturated carbocycles. The minimum absolute atomic E-state index is 0.132. The number of carbonyl (C=O) groups excluding carboxylic acids is 1. The number of nitrogens with one attached hydrogen (secondary N) is 1. The molecule has 1 aliphatic heterocycles. The summed E-state index contributed by atoms with van der Waals surface area (Å²) in [4.78, 5) is 13.3. The van der Waals surface area contributed by atoms with Gasteiger partial charge in [0.1, 0.15) is 11.5 Å². The Morgan fingerprint density at radius 3 is 2.62 bits per heavy atom. The Hall–Kier alpha value is -2.24. The van der Waals surface area contributed by atoms with Crippen LogP contribution in [0, 0.1) is 0 Å². The number of nitrogens with zero attached hydrogens (tertiary/aromatic N) is 1. The Balaban J connectivity index is 1.93. The number of amides is 1. The summed E-state index contributed by atoms with van der Waals surface area (Å²) < 4.78 is 11.7. The standard InChI is InChI=1S/C23H29ClN2O3/c1-5-8-17-18-9-6-7-10-21(18)29-22-12-11-16(24)13-19(22)20(17)14-25-15(2)28-23(27)26(3)4/h6-7,9-13,15,17,20,25H,5,8,14H2,1-4H3. The predicted octanol–water partition coefficient (Wildman–Crippen LogP) is 5.75. The predicted molar refractivity (Wildman–Crippen MR) is 116 cm³/mol. The van der Waals surface area contributed by atoms with E-state index < -0.39 is 6.23 Å². The molecular weight excluding hydrogens is 388 g/mol. The Morgan fingerprint density at radius 2 is 1.90 bits per heavy atom. The molecule has 2 aromatic rings. The van der Waals surface area contributed by atoms with Crippen LogP contribution in [0.5, 0.6) is 11.5 Å². The van der Waals surface area contributed by atoms with Gasteiger partial charge in [0, 0.05) is 37.1 Å². The van der Waals surface area contributed by atoms with E-state index >= 15 is 0 Å². The maximum Gasteiger partial charge on any atom is 0.410 e. The van der Waals surface area contributed by atoms with Crippen molar-refractivity contribution in [2.24, 2.45) is 0 Å². The Kier molecular flexibility index (Phi) is 7.04. The van der Waals surface area contributed by atoms with Gasteiger partial charge in [0.05, 0.1) is 0 Å². The van der Waals surface area contributed by atoms with E-state index in [9.17, 15) is 4.79 Å². The van der Waals surface area contributed by atoms with Gasteiger partial charge in [-0.1, -0.05) is 43.1 Å². The summed E-state index contributed by atoms with van der Waals surface area (Å²) in [7, 11) is 3.34. The molecule has 1 N–H and O–H groups in total. The minimum Gasteiger partial charge on any atom is -0.457 e. The topological polar surface area (TPSA) is 50.8 Å². The lowest BCUT2D eigenvalue weighted by Crippen LogP contribution is -2.38. The number of ether oxygens (including phenoxy) is 2. The molecule has 3 atom stereocenters. The van der Waals surface area contributed by atoms with E-state index in [0.717, 1.165) is 29.9 Å². The first kappa shape index (κ1) is 21.5. The first-order valence-electron chi connectivity index (χ1n) is 10.1. The third-order valence-electron chi connectivity index (χ3n) is 5.26. The van der Waals surface area contributed by atoms with Gasteiger partial charge in [-0.25, -0.2) is 4.79 Å². The Bertz CT molecular complexity index is 856. The zero-order chi connectivity index (χ0) is 21.0. The third-order valence-corrected chi connectivity index (χ3v) is 5.50. The number of hydrogen-bond donors (Lipinski definition) is 1. The van der Waals surface area contributed by atoms with Gasteiger partial charge in [0.2, 0.25) is 0 Å². The fraction of sp³-hybridized carbons (Fsp3) is 0.435. The van der Waals surface area contributed by atoms with E-state index in [1.165, 1.54) is 10.5 Å². The molecule has 5 nitrogen and oxygen atoms in total. The molecule has 0 spiro atoms. The van der Waals surface area contributed by atoms with Gasteiger partial charge in [0.15, 0.2) is 6.23 Å². The average Bonchev–Trinajstić information content (AvgIpc) is 2.81. The van der Waals surface area contributed by atoms with Crippen molar-refractivity contribution < 1.29 is 14.3 Å². The molecule has 1 amide bonds. The average molecular weight is 417 g/mol.